The minimum absolute atomic E-state index is 0.0529. The number of ether oxygens (including phenoxy) is 1. The summed E-state index contributed by atoms with van der Waals surface area (Å²) in [6.45, 7) is -0.244. The Balaban J connectivity index is 1.34. The lowest BCUT2D eigenvalue weighted by molar-refractivity contribution is -0.130. The van der Waals surface area contributed by atoms with Gasteiger partial charge in [0.1, 0.15) is 0 Å². The van der Waals surface area contributed by atoms with Crippen LogP contribution in [0.3, 0.4) is 0 Å². The molecule has 4 saturated carbocycles. The number of hydrogen-bond donors (Lipinski definition) is 1. The van der Waals surface area contributed by atoms with Crippen LogP contribution in [-0.2, 0) is 9.53 Å². The molecule has 4 aliphatic rings. The Morgan fingerprint density at radius 2 is 1.67 bits per heavy atom. The van der Waals surface area contributed by atoms with Gasteiger partial charge in [0.15, 0.2) is 6.61 Å². The van der Waals surface area contributed by atoms with Gasteiger partial charge in [-0.2, -0.15) is 0 Å². The van der Waals surface area contributed by atoms with Crippen molar-refractivity contribution in [2.45, 2.75) is 44.1 Å². The molecule has 1 N–H and O–H groups in total. The average Bonchev–Trinajstić information content (AvgIpc) is 2.51. The van der Waals surface area contributed by atoms with Crippen LogP contribution in [0.15, 0.2) is 24.3 Å². The summed E-state index contributed by atoms with van der Waals surface area (Å²) in [5, 5.41) is 3.53. The molecule has 0 atom stereocenters. The van der Waals surface area contributed by atoms with Crippen LogP contribution in [0.25, 0.3) is 0 Å². The van der Waals surface area contributed by atoms with E-state index in [0.29, 0.717) is 10.6 Å². The molecule has 4 nitrogen and oxygen atoms in total. The lowest BCUT2D eigenvalue weighted by Gasteiger charge is -2.56. The number of carbonyl (C=O) groups excluding carboxylic acids is 2. The molecule has 1 amide bonds. The Labute approximate surface area is 146 Å². The third-order valence-electron chi connectivity index (χ3n) is 5.87. The van der Waals surface area contributed by atoms with Crippen molar-refractivity contribution >= 4 is 23.5 Å². The van der Waals surface area contributed by atoms with Crippen LogP contribution in [0.1, 0.15) is 48.9 Å². The second kappa shape index (κ2) is 6.07. The fourth-order valence-corrected chi connectivity index (χ4v) is 5.64. The molecule has 0 heterocycles. The van der Waals surface area contributed by atoms with Crippen LogP contribution >= 0.6 is 11.6 Å². The van der Waals surface area contributed by atoms with E-state index in [4.69, 9.17) is 16.3 Å². The van der Waals surface area contributed by atoms with Crippen molar-refractivity contribution in [2.75, 3.05) is 6.61 Å². The number of amides is 1. The van der Waals surface area contributed by atoms with Gasteiger partial charge in [-0.05, 0) is 68.4 Å². The molecule has 0 radical (unpaired) electrons. The fourth-order valence-electron chi connectivity index (χ4n) is 5.43. The zero-order valence-electron chi connectivity index (χ0n) is 13.6. The topological polar surface area (TPSA) is 55.4 Å². The van der Waals surface area contributed by atoms with Crippen molar-refractivity contribution < 1.29 is 14.3 Å². The molecule has 0 aromatic heterocycles. The third-order valence-corrected chi connectivity index (χ3v) is 6.20. The van der Waals surface area contributed by atoms with Gasteiger partial charge in [0.25, 0.3) is 5.91 Å². The Hall–Kier alpha value is -1.55. The van der Waals surface area contributed by atoms with E-state index in [1.54, 1.807) is 24.3 Å². The van der Waals surface area contributed by atoms with Crippen LogP contribution in [0.5, 0.6) is 0 Å². The molecule has 4 fully saturated rings. The molecule has 0 saturated heterocycles. The molecule has 24 heavy (non-hydrogen) atoms. The van der Waals surface area contributed by atoms with Gasteiger partial charge in [-0.1, -0.05) is 23.7 Å². The zero-order chi connectivity index (χ0) is 16.7. The van der Waals surface area contributed by atoms with Gasteiger partial charge >= 0.3 is 5.97 Å². The highest BCUT2D eigenvalue weighted by Crippen LogP contribution is 2.55. The van der Waals surface area contributed by atoms with Crippen LogP contribution < -0.4 is 5.32 Å². The van der Waals surface area contributed by atoms with E-state index in [2.05, 4.69) is 5.32 Å². The minimum Gasteiger partial charge on any atom is -0.452 e. The first kappa shape index (κ1) is 15.9. The number of halogens is 1. The quantitative estimate of drug-likeness (QED) is 0.847. The average molecular weight is 348 g/mol. The van der Waals surface area contributed by atoms with E-state index in [1.165, 1.54) is 19.3 Å². The van der Waals surface area contributed by atoms with Crippen LogP contribution in [0.2, 0.25) is 5.02 Å². The Morgan fingerprint density at radius 3 is 2.25 bits per heavy atom. The van der Waals surface area contributed by atoms with Crippen LogP contribution in [0, 0.1) is 17.8 Å². The highest BCUT2D eigenvalue weighted by Gasteiger charge is 2.51. The first-order valence-corrected chi connectivity index (χ1v) is 9.13. The summed E-state index contributed by atoms with van der Waals surface area (Å²) in [6, 6.07) is 6.70. The molecule has 0 spiro atoms. The lowest BCUT2D eigenvalue weighted by Crippen LogP contribution is -2.60. The smallest absolute Gasteiger partial charge is 0.340 e. The molecule has 1 aromatic rings. The largest absolute Gasteiger partial charge is 0.452 e. The van der Waals surface area contributed by atoms with Gasteiger partial charge in [0.05, 0.1) is 10.6 Å². The number of carbonyl (C=O) groups is 2. The van der Waals surface area contributed by atoms with Crippen molar-refractivity contribution in [1.29, 1.82) is 0 Å². The van der Waals surface area contributed by atoms with Crippen molar-refractivity contribution in [3.8, 4) is 0 Å². The van der Waals surface area contributed by atoms with Crippen molar-refractivity contribution in [3.05, 3.63) is 34.9 Å². The summed E-state index contributed by atoms with van der Waals surface area (Å²) in [4.78, 5) is 24.4. The second-order valence-corrected chi connectivity index (χ2v) is 8.21. The molecule has 4 aliphatic carbocycles. The van der Waals surface area contributed by atoms with E-state index in [0.717, 1.165) is 37.0 Å². The van der Waals surface area contributed by atoms with Crippen molar-refractivity contribution in [1.82, 2.24) is 5.32 Å². The maximum absolute atomic E-state index is 12.3. The lowest BCUT2D eigenvalue weighted by atomic mass is 9.53. The molecule has 5 rings (SSSR count). The number of rotatable bonds is 4. The predicted molar refractivity (Wildman–Crippen MR) is 90.8 cm³/mol. The standard InChI is InChI=1S/C19H22ClNO3/c20-16-4-2-1-3-15(16)18(23)24-11-17(22)21-19-8-12-5-13(9-19)7-14(6-12)10-19/h1-4,12-14H,5-11H2,(H,21,22). The number of nitrogens with one attached hydrogen (secondary N) is 1. The minimum atomic E-state index is -0.554. The van der Waals surface area contributed by atoms with E-state index in [1.807, 2.05) is 0 Å². The molecule has 1 aromatic carbocycles. The van der Waals surface area contributed by atoms with E-state index in [9.17, 15) is 9.59 Å². The normalized spacial score (nSPS) is 33.3. The van der Waals surface area contributed by atoms with Gasteiger partial charge in [0.2, 0.25) is 0 Å². The summed E-state index contributed by atoms with van der Waals surface area (Å²) in [5.74, 6) is 1.55. The van der Waals surface area contributed by atoms with Crippen molar-refractivity contribution in [2.24, 2.45) is 17.8 Å². The van der Waals surface area contributed by atoms with E-state index in [-0.39, 0.29) is 18.1 Å². The van der Waals surface area contributed by atoms with Crippen LogP contribution in [0.4, 0.5) is 0 Å². The molecule has 0 aliphatic heterocycles. The highest BCUT2D eigenvalue weighted by atomic mass is 35.5. The molecule has 0 unspecified atom stereocenters. The Kier molecular flexibility index (Phi) is 4.03. The number of benzene rings is 1. The molecular weight excluding hydrogens is 326 g/mol. The van der Waals surface area contributed by atoms with Crippen LogP contribution in [-0.4, -0.2) is 24.0 Å². The number of esters is 1. The maximum Gasteiger partial charge on any atom is 0.340 e. The monoisotopic (exact) mass is 347 g/mol. The molecule has 5 heteroatoms. The first-order valence-electron chi connectivity index (χ1n) is 8.76. The number of hydrogen-bond acceptors (Lipinski definition) is 3. The highest BCUT2D eigenvalue weighted by molar-refractivity contribution is 6.33. The van der Waals surface area contributed by atoms with Crippen molar-refractivity contribution in [3.63, 3.8) is 0 Å². The van der Waals surface area contributed by atoms with E-state index < -0.39 is 5.97 Å². The summed E-state index contributed by atoms with van der Waals surface area (Å²) >= 11 is 5.98. The molecular formula is C19H22ClNO3. The summed E-state index contributed by atoms with van der Waals surface area (Å²) in [5.41, 5.74) is 0.240. The van der Waals surface area contributed by atoms with Gasteiger partial charge in [-0.25, -0.2) is 4.79 Å². The molecule has 4 bridgehead atoms. The summed E-state index contributed by atoms with van der Waals surface area (Å²) < 4.78 is 5.15. The second-order valence-electron chi connectivity index (χ2n) is 7.80. The summed E-state index contributed by atoms with van der Waals surface area (Å²) in [7, 11) is 0. The van der Waals surface area contributed by atoms with E-state index >= 15 is 0 Å². The third kappa shape index (κ3) is 3.04. The molecule has 128 valence electrons. The zero-order valence-corrected chi connectivity index (χ0v) is 14.3. The maximum atomic E-state index is 12.3. The summed E-state index contributed by atoms with van der Waals surface area (Å²) in [6.07, 6.45) is 7.25. The predicted octanol–water partition coefficient (Wildman–Crippen LogP) is 3.58. The Morgan fingerprint density at radius 1 is 1.08 bits per heavy atom. The van der Waals surface area contributed by atoms with Gasteiger partial charge in [0, 0.05) is 5.54 Å². The fraction of sp³-hybridized carbons (Fsp3) is 0.579. The first-order chi connectivity index (χ1) is 11.5. The van der Waals surface area contributed by atoms with Gasteiger partial charge < -0.3 is 10.1 Å². The SMILES string of the molecule is O=C(COC(=O)c1ccccc1Cl)NC12CC3CC(CC(C3)C1)C2. The Bertz CT molecular complexity index is 637. The van der Waals surface area contributed by atoms with Gasteiger partial charge in [-0.3, -0.25) is 4.79 Å². The van der Waals surface area contributed by atoms with Gasteiger partial charge in [-0.15, -0.1) is 0 Å².